The van der Waals surface area contributed by atoms with E-state index in [2.05, 4.69) is 6.07 Å². The maximum atomic E-state index is 12.4. The van der Waals surface area contributed by atoms with Gasteiger partial charge in [-0.2, -0.15) is 5.26 Å². The van der Waals surface area contributed by atoms with E-state index in [0.717, 1.165) is 12.8 Å². The van der Waals surface area contributed by atoms with Crippen molar-refractivity contribution in [1.29, 1.82) is 5.26 Å². The van der Waals surface area contributed by atoms with Crippen LogP contribution < -0.4 is 0 Å². The van der Waals surface area contributed by atoms with Crippen LogP contribution >= 0.6 is 0 Å². The van der Waals surface area contributed by atoms with E-state index >= 15 is 0 Å². The number of rotatable bonds is 5. The smallest absolute Gasteiger partial charge is 0.320 e. The van der Waals surface area contributed by atoms with Crippen molar-refractivity contribution in [3.05, 3.63) is 0 Å². The van der Waals surface area contributed by atoms with Gasteiger partial charge in [0, 0.05) is 32.6 Å². The van der Waals surface area contributed by atoms with Gasteiger partial charge in [0.25, 0.3) is 0 Å². The van der Waals surface area contributed by atoms with Gasteiger partial charge in [-0.25, -0.2) is 4.79 Å². The molecule has 118 valence electrons. The fourth-order valence-electron chi connectivity index (χ4n) is 2.77. The van der Waals surface area contributed by atoms with Gasteiger partial charge in [-0.3, -0.25) is 4.79 Å². The number of nitriles is 1. The quantitative estimate of drug-likeness (QED) is 0.842. The molecule has 3 unspecified atom stereocenters. The third kappa shape index (κ3) is 4.92. The van der Waals surface area contributed by atoms with Crippen LogP contribution in [0.1, 0.15) is 39.5 Å². The highest BCUT2D eigenvalue weighted by atomic mass is 16.4. The van der Waals surface area contributed by atoms with E-state index < -0.39 is 5.97 Å². The minimum Gasteiger partial charge on any atom is -0.481 e. The molecule has 1 N–H and O–H groups in total. The van der Waals surface area contributed by atoms with Gasteiger partial charge in [0.15, 0.2) is 0 Å². The summed E-state index contributed by atoms with van der Waals surface area (Å²) in [5, 5.41) is 17.6. The molecule has 0 spiro atoms. The van der Waals surface area contributed by atoms with E-state index in [1.165, 1.54) is 0 Å². The van der Waals surface area contributed by atoms with Crippen LogP contribution in [0.3, 0.4) is 0 Å². The van der Waals surface area contributed by atoms with Crippen LogP contribution in [0.25, 0.3) is 0 Å². The van der Waals surface area contributed by atoms with Crippen molar-refractivity contribution in [2.24, 2.45) is 11.8 Å². The molecular weight excluding hydrogens is 270 g/mol. The summed E-state index contributed by atoms with van der Waals surface area (Å²) in [5.74, 6) is -0.482. The topological polar surface area (TPSA) is 84.6 Å². The van der Waals surface area contributed by atoms with Gasteiger partial charge in [-0.1, -0.05) is 6.92 Å². The Kier molecular flexibility index (Phi) is 6.47. The SMILES string of the molecule is CC(CC(=O)O)C1CCCN(C(=O)N(C)C(C)CC#N)C1. The molecule has 6 nitrogen and oxygen atoms in total. The van der Waals surface area contributed by atoms with E-state index in [-0.39, 0.29) is 30.3 Å². The lowest BCUT2D eigenvalue weighted by Crippen LogP contribution is -2.49. The average Bonchev–Trinajstić information content (AvgIpc) is 2.45. The van der Waals surface area contributed by atoms with E-state index in [1.807, 2.05) is 13.8 Å². The Morgan fingerprint density at radius 3 is 2.71 bits per heavy atom. The zero-order chi connectivity index (χ0) is 16.0. The Morgan fingerprint density at radius 2 is 2.14 bits per heavy atom. The van der Waals surface area contributed by atoms with Crippen molar-refractivity contribution in [2.75, 3.05) is 20.1 Å². The van der Waals surface area contributed by atoms with Crippen LogP contribution in [0, 0.1) is 23.2 Å². The predicted molar refractivity (Wildman–Crippen MR) is 78.6 cm³/mol. The largest absolute Gasteiger partial charge is 0.481 e. The van der Waals surface area contributed by atoms with Crippen LogP contribution in [0.5, 0.6) is 0 Å². The van der Waals surface area contributed by atoms with Gasteiger partial charge in [0.05, 0.1) is 12.5 Å². The normalized spacial score (nSPS) is 21.2. The number of carboxylic acids is 1. The Bertz CT molecular complexity index is 419. The number of piperidine rings is 1. The lowest BCUT2D eigenvalue weighted by atomic mass is 9.85. The number of carbonyl (C=O) groups is 2. The zero-order valence-corrected chi connectivity index (χ0v) is 13.1. The van der Waals surface area contributed by atoms with Gasteiger partial charge in [-0.15, -0.1) is 0 Å². The minimum atomic E-state index is -0.786. The molecule has 21 heavy (non-hydrogen) atoms. The van der Waals surface area contributed by atoms with Gasteiger partial charge < -0.3 is 14.9 Å². The average molecular weight is 295 g/mol. The van der Waals surface area contributed by atoms with E-state index in [1.54, 1.807) is 16.8 Å². The maximum Gasteiger partial charge on any atom is 0.320 e. The Labute approximate surface area is 126 Å². The molecule has 0 radical (unpaired) electrons. The van der Waals surface area contributed by atoms with E-state index in [9.17, 15) is 9.59 Å². The number of hydrogen-bond donors (Lipinski definition) is 1. The summed E-state index contributed by atoms with van der Waals surface area (Å²) in [6.07, 6.45) is 2.33. The van der Waals surface area contributed by atoms with Crippen molar-refractivity contribution in [3.8, 4) is 6.07 Å². The number of nitrogens with zero attached hydrogens (tertiary/aromatic N) is 3. The third-order valence-corrected chi connectivity index (χ3v) is 4.38. The predicted octanol–water partition coefficient (Wildman–Crippen LogP) is 2.16. The summed E-state index contributed by atoms with van der Waals surface area (Å²) in [5.41, 5.74) is 0. The van der Waals surface area contributed by atoms with Gasteiger partial charge in [-0.05, 0) is 31.6 Å². The fourth-order valence-corrected chi connectivity index (χ4v) is 2.77. The first-order chi connectivity index (χ1) is 9.86. The lowest BCUT2D eigenvalue weighted by molar-refractivity contribution is -0.138. The number of amides is 2. The Balaban J connectivity index is 2.61. The number of hydrogen-bond acceptors (Lipinski definition) is 3. The molecule has 2 amide bonds. The summed E-state index contributed by atoms with van der Waals surface area (Å²) in [4.78, 5) is 26.6. The van der Waals surface area contributed by atoms with Crippen molar-refractivity contribution in [1.82, 2.24) is 9.80 Å². The molecule has 1 heterocycles. The molecule has 1 saturated heterocycles. The molecule has 1 fully saturated rings. The van der Waals surface area contributed by atoms with Crippen molar-refractivity contribution in [3.63, 3.8) is 0 Å². The second kappa shape index (κ2) is 7.87. The van der Waals surface area contributed by atoms with E-state index in [4.69, 9.17) is 10.4 Å². The number of likely N-dealkylation sites (tertiary alicyclic amines) is 1. The zero-order valence-electron chi connectivity index (χ0n) is 13.1. The summed E-state index contributed by atoms with van der Waals surface area (Å²) < 4.78 is 0. The highest BCUT2D eigenvalue weighted by Gasteiger charge is 2.30. The summed E-state index contributed by atoms with van der Waals surface area (Å²) >= 11 is 0. The first-order valence-corrected chi connectivity index (χ1v) is 7.47. The molecule has 0 aromatic carbocycles. The minimum absolute atomic E-state index is 0.0648. The summed E-state index contributed by atoms with van der Waals surface area (Å²) in [6, 6.07) is 1.90. The van der Waals surface area contributed by atoms with Crippen molar-refractivity contribution >= 4 is 12.0 Å². The highest BCUT2D eigenvalue weighted by molar-refractivity contribution is 5.74. The molecule has 0 bridgehead atoms. The fraction of sp³-hybridized carbons (Fsp3) is 0.800. The van der Waals surface area contributed by atoms with Crippen molar-refractivity contribution < 1.29 is 14.7 Å². The molecular formula is C15H25N3O3. The van der Waals surface area contributed by atoms with Crippen LogP contribution in [-0.2, 0) is 4.79 Å². The van der Waals surface area contributed by atoms with Crippen LogP contribution in [0.4, 0.5) is 4.79 Å². The van der Waals surface area contributed by atoms with E-state index in [0.29, 0.717) is 19.5 Å². The van der Waals surface area contributed by atoms with Crippen LogP contribution in [0.15, 0.2) is 0 Å². The van der Waals surface area contributed by atoms with Gasteiger partial charge in [0.1, 0.15) is 0 Å². The lowest BCUT2D eigenvalue weighted by Gasteiger charge is -2.38. The number of carboxylic acid groups (broad SMARTS) is 1. The molecule has 0 aromatic heterocycles. The highest BCUT2D eigenvalue weighted by Crippen LogP contribution is 2.26. The van der Waals surface area contributed by atoms with Crippen molar-refractivity contribution in [2.45, 2.75) is 45.6 Å². The Morgan fingerprint density at radius 1 is 1.48 bits per heavy atom. The summed E-state index contributed by atoms with van der Waals surface area (Å²) in [6.45, 7) is 5.11. The second-order valence-corrected chi connectivity index (χ2v) is 6.03. The number of carbonyl (C=O) groups excluding carboxylic acids is 1. The molecule has 0 aromatic rings. The first-order valence-electron chi connectivity index (χ1n) is 7.47. The van der Waals surface area contributed by atoms with Gasteiger partial charge >= 0.3 is 12.0 Å². The van der Waals surface area contributed by atoms with Crippen LogP contribution in [0.2, 0.25) is 0 Å². The molecule has 3 atom stereocenters. The first kappa shape index (κ1) is 17.3. The molecule has 1 aliphatic heterocycles. The standard InChI is InChI=1S/C15H25N3O3/c1-11(9-14(19)20)13-5-4-8-18(10-13)15(21)17(3)12(2)6-7-16/h11-13H,4-6,8-10H2,1-3H3,(H,19,20). The maximum absolute atomic E-state index is 12.4. The monoisotopic (exact) mass is 295 g/mol. The number of aliphatic carboxylic acids is 1. The van der Waals surface area contributed by atoms with Gasteiger partial charge in [0.2, 0.25) is 0 Å². The second-order valence-electron chi connectivity index (χ2n) is 6.03. The summed E-state index contributed by atoms with van der Waals surface area (Å²) in [7, 11) is 1.72. The third-order valence-electron chi connectivity index (χ3n) is 4.38. The number of urea groups is 1. The molecule has 0 aliphatic carbocycles. The molecule has 1 rings (SSSR count). The molecule has 1 aliphatic rings. The Hall–Kier alpha value is -1.77. The van der Waals surface area contributed by atoms with Crippen LogP contribution in [-0.4, -0.2) is 53.1 Å². The molecule has 6 heteroatoms. The molecule has 0 saturated carbocycles.